The van der Waals surface area contributed by atoms with Gasteiger partial charge in [-0.25, -0.2) is 0 Å². The van der Waals surface area contributed by atoms with Crippen LogP contribution in [0.15, 0.2) is 34.1 Å². The van der Waals surface area contributed by atoms with Crippen molar-refractivity contribution in [1.29, 1.82) is 0 Å². The summed E-state index contributed by atoms with van der Waals surface area (Å²) in [6.45, 7) is 0.726. The Morgan fingerprint density at radius 1 is 1.38 bits per heavy atom. The summed E-state index contributed by atoms with van der Waals surface area (Å²) < 4.78 is 5.85. The van der Waals surface area contributed by atoms with Crippen LogP contribution in [0, 0.1) is 0 Å². The molecule has 0 saturated carbocycles. The number of nitrogens with one attached hydrogen (secondary N) is 1. The maximum atomic E-state index is 12.3. The molecule has 1 aromatic carbocycles. The summed E-state index contributed by atoms with van der Waals surface area (Å²) >= 11 is 4.73. The molecule has 0 aliphatic carbocycles. The Hall–Kier alpha value is -1.70. The first-order chi connectivity index (χ1) is 11.6. The van der Waals surface area contributed by atoms with Gasteiger partial charge in [-0.05, 0) is 52.5 Å². The second kappa shape index (κ2) is 7.46. The number of hydrogen-bond acceptors (Lipinski definition) is 4. The van der Waals surface area contributed by atoms with Gasteiger partial charge in [0.2, 0.25) is 0 Å². The van der Waals surface area contributed by atoms with Gasteiger partial charge in [0.25, 0.3) is 11.8 Å². The van der Waals surface area contributed by atoms with Gasteiger partial charge in [-0.15, -0.1) is 11.3 Å². The average Bonchev–Trinajstić information content (AvgIpc) is 3.01. The Labute approximate surface area is 152 Å². The molecular formula is C17H17BrN2O3S. The monoisotopic (exact) mass is 408 g/mol. The number of ether oxygens (including phenoxy) is 1. The van der Waals surface area contributed by atoms with Crippen LogP contribution in [0.3, 0.4) is 0 Å². The van der Waals surface area contributed by atoms with Gasteiger partial charge in [0.1, 0.15) is 6.61 Å². The summed E-state index contributed by atoms with van der Waals surface area (Å²) in [5.41, 5.74) is 2.65. The first-order valence-electron chi connectivity index (χ1n) is 7.56. The number of fused-ring (bicyclic) bond motifs is 1. The van der Waals surface area contributed by atoms with Crippen LogP contribution < -0.4 is 10.2 Å². The van der Waals surface area contributed by atoms with Gasteiger partial charge in [-0.3, -0.25) is 9.59 Å². The zero-order chi connectivity index (χ0) is 17.1. The average molecular weight is 409 g/mol. The van der Waals surface area contributed by atoms with E-state index in [-0.39, 0.29) is 18.4 Å². The van der Waals surface area contributed by atoms with E-state index in [0.717, 1.165) is 28.6 Å². The van der Waals surface area contributed by atoms with E-state index in [1.54, 1.807) is 11.0 Å². The van der Waals surface area contributed by atoms with Gasteiger partial charge in [-0.2, -0.15) is 0 Å². The van der Waals surface area contributed by atoms with Crippen molar-refractivity contribution in [2.24, 2.45) is 0 Å². The molecule has 0 radical (unpaired) electrons. The third-order valence-corrected chi connectivity index (χ3v) is 5.51. The van der Waals surface area contributed by atoms with Gasteiger partial charge in [-0.1, -0.05) is 6.07 Å². The molecule has 24 heavy (non-hydrogen) atoms. The third-order valence-electron chi connectivity index (χ3n) is 3.82. The molecule has 0 unspecified atom stereocenters. The fourth-order valence-electron chi connectivity index (χ4n) is 2.74. The molecule has 0 fully saturated rings. The summed E-state index contributed by atoms with van der Waals surface area (Å²) in [5, 5.41) is 4.76. The normalized spacial score (nSPS) is 13.5. The van der Waals surface area contributed by atoms with E-state index >= 15 is 0 Å². The number of thiophene rings is 1. The Balaban J connectivity index is 1.82. The highest BCUT2D eigenvalue weighted by molar-refractivity contribution is 9.10. The lowest BCUT2D eigenvalue weighted by Gasteiger charge is -2.29. The molecule has 1 aromatic heterocycles. The van der Waals surface area contributed by atoms with Gasteiger partial charge in [0.05, 0.1) is 4.88 Å². The third kappa shape index (κ3) is 3.68. The first-order valence-corrected chi connectivity index (χ1v) is 9.23. The predicted molar refractivity (Wildman–Crippen MR) is 99.0 cm³/mol. The largest absolute Gasteiger partial charge is 0.375 e. The summed E-state index contributed by atoms with van der Waals surface area (Å²) in [6.07, 6.45) is 1.86. The topological polar surface area (TPSA) is 58.6 Å². The zero-order valence-corrected chi connectivity index (χ0v) is 15.6. The molecule has 0 bridgehead atoms. The number of carbonyl (C=O) groups is 2. The lowest BCUT2D eigenvalue weighted by atomic mass is 10.0. The predicted octanol–water partition coefficient (Wildman–Crippen LogP) is 3.69. The molecule has 1 N–H and O–H groups in total. The molecule has 3 rings (SSSR count). The Kier molecular flexibility index (Phi) is 5.33. The van der Waals surface area contributed by atoms with Crippen LogP contribution in [0.5, 0.6) is 0 Å². The fraction of sp³-hybridized carbons (Fsp3) is 0.294. The maximum absolute atomic E-state index is 12.3. The minimum absolute atomic E-state index is 0.0548. The number of hydrogen-bond donors (Lipinski definition) is 1. The van der Waals surface area contributed by atoms with E-state index < -0.39 is 0 Å². The molecular weight excluding hydrogens is 392 g/mol. The number of benzene rings is 1. The van der Waals surface area contributed by atoms with Crippen molar-refractivity contribution in [3.05, 3.63) is 44.6 Å². The van der Waals surface area contributed by atoms with Crippen molar-refractivity contribution < 1.29 is 14.3 Å². The Morgan fingerprint density at radius 3 is 2.92 bits per heavy atom. The number of methoxy groups -OCH3 is 1. The maximum Gasteiger partial charge on any atom is 0.265 e. The van der Waals surface area contributed by atoms with Crippen molar-refractivity contribution in [2.45, 2.75) is 12.8 Å². The molecule has 0 spiro atoms. The van der Waals surface area contributed by atoms with Crippen LogP contribution in [0.2, 0.25) is 0 Å². The number of nitrogens with zero attached hydrogens (tertiary/aromatic N) is 1. The van der Waals surface area contributed by atoms with E-state index in [9.17, 15) is 9.59 Å². The smallest absolute Gasteiger partial charge is 0.265 e. The summed E-state index contributed by atoms with van der Waals surface area (Å²) in [4.78, 5) is 26.9. The van der Waals surface area contributed by atoms with Crippen molar-refractivity contribution in [2.75, 3.05) is 30.5 Å². The molecule has 2 aromatic rings. The van der Waals surface area contributed by atoms with E-state index in [4.69, 9.17) is 4.74 Å². The summed E-state index contributed by atoms with van der Waals surface area (Å²) in [7, 11) is 1.51. The van der Waals surface area contributed by atoms with Gasteiger partial charge < -0.3 is 15.0 Å². The van der Waals surface area contributed by atoms with E-state index in [0.29, 0.717) is 17.1 Å². The Morgan fingerprint density at radius 2 is 2.21 bits per heavy atom. The first kappa shape index (κ1) is 17.1. The van der Waals surface area contributed by atoms with E-state index in [1.807, 2.05) is 23.6 Å². The van der Waals surface area contributed by atoms with Crippen molar-refractivity contribution >= 4 is 50.5 Å². The number of rotatable bonds is 4. The minimum atomic E-state index is -0.156. The van der Waals surface area contributed by atoms with E-state index in [1.165, 1.54) is 18.4 Å². The highest BCUT2D eigenvalue weighted by Crippen LogP contribution is 2.30. The number of halogens is 1. The Bertz CT molecular complexity index is 775. The number of aryl methyl sites for hydroxylation is 1. The fourth-order valence-corrected chi connectivity index (χ4v) is 4.06. The molecule has 0 atom stereocenters. The van der Waals surface area contributed by atoms with Gasteiger partial charge in [0.15, 0.2) is 0 Å². The van der Waals surface area contributed by atoms with Crippen molar-refractivity contribution in [3.63, 3.8) is 0 Å². The molecule has 1 aliphatic rings. The van der Waals surface area contributed by atoms with Gasteiger partial charge >= 0.3 is 0 Å². The zero-order valence-electron chi connectivity index (χ0n) is 13.2. The quantitative estimate of drug-likeness (QED) is 0.838. The molecule has 0 saturated heterocycles. The number of carbonyl (C=O) groups excluding carboxylic acids is 2. The highest BCUT2D eigenvalue weighted by atomic mass is 79.9. The molecule has 126 valence electrons. The van der Waals surface area contributed by atoms with Gasteiger partial charge in [0, 0.05) is 34.9 Å². The lowest BCUT2D eigenvalue weighted by molar-refractivity contribution is -0.122. The van der Waals surface area contributed by atoms with Crippen molar-refractivity contribution in [3.8, 4) is 0 Å². The van der Waals surface area contributed by atoms with Crippen LogP contribution in [0.1, 0.15) is 21.7 Å². The summed E-state index contributed by atoms with van der Waals surface area (Å²) in [6, 6.07) is 7.50. The van der Waals surface area contributed by atoms with E-state index in [2.05, 4.69) is 21.2 Å². The molecule has 2 amide bonds. The van der Waals surface area contributed by atoms with Crippen LogP contribution in [-0.4, -0.2) is 32.1 Å². The second-order valence-electron chi connectivity index (χ2n) is 5.51. The number of amides is 2. The van der Waals surface area contributed by atoms with Crippen LogP contribution in [0.4, 0.5) is 11.4 Å². The lowest BCUT2D eigenvalue weighted by Crippen LogP contribution is -2.37. The van der Waals surface area contributed by atoms with Crippen LogP contribution >= 0.6 is 27.3 Å². The van der Waals surface area contributed by atoms with Crippen molar-refractivity contribution in [1.82, 2.24) is 0 Å². The highest BCUT2D eigenvalue weighted by Gasteiger charge is 2.23. The standard InChI is InChI=1S/C17H17BrN2O3S/c1-23-9-16(21)20-6-2-3-11-4-5-13(8-14(11)20)19-17(22)15-7-12(18)10-24-15/h4-5,7-8,10H,2-3,6,9H2,1H3,(H,19,22). The van der Waals surface area contributed by atoms with Crippen LogP contribution in [0.25, 0.3) is 0 Å². The molecule has 2 heterocycles. The van der Waals surface area contributed by atoms with Crippen LogP contribution in [-0.2, 0) is 16.0 Å². The molecule has 7 heteroatoms. The molecule has 1 aliphatic heterocycles. The second-order valence-corrected chi connectivity index (χ2v) is 7.34. The minimum Gasteiger partial charge on any atom is -0.375 e. The summed E-state index contributed by atoms with van der Waals surface area (Å²) in [5.74, 6) is -0.222. The SMILES string of the molecule is COCC(=O)N1CCCc2ccc(NC(=O)c3cc(Br)cs3)cc21. The molecule has 5 nitrogen and oxygen atoms in total. The number of anilines is 2.